The van der Waals surface area contributed by atoms with Crippen LogP contribution in [0, 0.1) is 9.49 Å². The third-order valence-corrected chi connectivity index (χ3v) is 11.6. The SMILES string of the molecule is C[C@@H]1[C@@H]([Si](C)(C)O)[C@H](CC(=O)N(CCO)Cc2ccccc2)O[C@@]12C(=O)N(Cc1cccc(I)c1)c1ccccc12. The van der Waals surface area contributed by atoms with E-state index in [4.69, 9.17) is 4.74 Å². The number of fused-ring (bicyclic) bond motifs is 2. The maximum atomic E-state index is 14.5. The molecule has 3 aromatic carbocycles. The second-order valence-electron chi connectivity index (χ2n) is 11.6. The molecule has 4 atom stereocenters. The van der Waals surface area contributed by atoms with Crippen molar-refractivity contribution in [2.45, 2.75) is 56.8 Å². The predicted octanol–water partition coefficient (Wildman–Crippen LogP) is 5.05. The molecule has 1 spiro atoms. The van der Waals surface area contributed by atoms with E-state index in [1.54, 1.807) is 9.80 Å². The first-order chi connectivity index (χ1) is 19.6. The van der Waals surface area contributed by atoms with E-state index >= 15 is 0 Å². The van der Waals surface area contributed by atoms with Crippen molar-refractivity contribution in [1.29, 1.82) is 0 Å². The number of amides is 2. The lowest BCUT2D eigenvalue weighted by molar-refractivity contribution is -0.150. The number of aliphatic hydroxyl groups excluding tert-OH is 1. The van der Waals surface area contributed by atoms with Gasteiger partial charge >= 0.3 is 0 Å². The lowest BCUT2D eigenvalue weighted by Gasteiger charge is -2.32. The summed E-state index contributed by atoms with van der Waals surface area (Å²) >= 11 is 2.27. The topological polar surface area (TPSA) is 90.3 Å². The van der Waals surface area contributed by atoms with Crippen molar-refractivity contribution >= 4 is 48.4 Å². The van der Waals surface area contributed by atoms with Crippen LogP contribution in [0.2, 0.25) is 18.6 Å². The summed E-state index contributed by atoms with van der Waals surface area (Å²) in [5.74, 6) is -0.670. The molecule has 2 aliphatic rings. The number of para-hydroxylation sites is 1. The van der Waals surface area contributed by atoms with Crippen LogP contribution < -0.4 is 4.90 Å². The van der Waals surface area contributed by atoms with Crippen molar-refractivity contribution in [3.8, 4) is 0 Å². The Morgan fingerprint density at radius 1 is 1.05 bits per heavy atom. The molecule has 41 heavy (non-hydrogen) atoms. The third kappa shape index (κ3) is 5.74. The number of rotatable bonds is 9. The number of benzene rings is 3. The van der Waals surface area contributed by atoms with Gasteiger partial charge in [-0.1, -0.05) is 67.6 Å². The lowest BCUT2D eigenvalue weighted by Crippen LogP contribution is -2.46. The number of hydrogen-bond donors (Lipinski definition) is 2. The molecule has 216 valence electrons. The van der Waals surface area contributed by atoms with Crippen molar-refractivity contribution in [1.82, 2.24) is 4.90 Å². The van der Waals surface area contributed by atoms with Gasteiger partial charge in [0.25, 0.3) is 5.91 Å². The normalized spacial score (nSPS) is 23.7. The van der Waals surface area contributed by atoms with Gasteiger partial charge in [-0.2, -0.15) is 0 Å². The second-order valence-corrected chi connectivity index (χ2v) is 16.8. The standard InChI is InChI=1S/C32H37IN2O5Si/c1-22-30(41(2,3)39)28(19-29(37)34(16-17-36)20-23-10-5-4-6-11-23)40-32(22)26-14-7-8-15-27(26)35(31(32)38)21-24-12-9-13-25(33)18-24/h4-15,18,22,28,30,36,39H,16-17,19-21H2,1-3H3/t22-,28+,30-,32+/m1/s1. The summed E-state index contributed by atoms with van der Waals surface area (Å²) in [5.41, 5.74) is 1.93. The fourth-order valence-corrected chi connectivity index (χ4v) is 9.89. The van der Waals surface area contributed by atoms with E-state index in [0.29, 0.717) is 13.1 Å². The van der Waals surface area contributed by atoms with Crippen molar-refractivity contribution in [3.05, 3.63) is 99.1 Å². The maximum Gasteiger partial charge on any atom is 0.264 e. The smallest absolute Gasteiger partial charge is 0.264 e. The lowest BCUT2D eigenvalue weighted by atomic mass is 9.82. The van der Waals surface area contributed by atoms with Gasteiger partial charge < -0.3 is 24.4 Å². The zero-order valence-corrected chi connectivity index (χ0v) is 26.8. The minimum atomic E-state index is -2.91. The first-order valence-electron chi connectivity index (χ1n) is 14.0. The number of hydrogen-bond acceptors (Lipinski definition) is 5. The Balaban J connectivity index is 1.48. The summed E-state index contributed by atoms with van der Waals surface area (Å²) < 4.78 is 7.91. The van der Waals surface area contributed by atoms with Gasteiger partial charge in [0.2, 0.25) is 5.91 Å². The fourth-order valence-electron chi connectivity index (χ4n) is 6.72. The maximum absolute atomic E-state index is 14.5. The predicted molar refractivity (Wildman–Crippen MR) is 170 cm³/mol. The van der Waals surface area contributed by atoms with Crippen LogP contribution in [-0.2, 0) is 33.0 Å². The Bertz CT molecular complexity index is 1410. The Morgan fingerprint density at radius 2 is 1.73 bits per heavy atom. The highest BCUT2D eigenvalue weighted by Crippen LogP contribution is 2.59. The number of anilines is 1. The molecule has 5 rings (SSSR count). The largest absolute Gasteiger partial charge is 0.432 e. The molecule has 2 amide bonds. The molecule has 7 nitrogen and oxygen atoms in total. The molecule has 0 bridgehead atoms. The Labute approximate surface area is 256 Å². The van der Waals surface area contributed by atoms with Crippen LogP contribution in [0.1, 0.15) is 30.0 Å². The van der Waals surface area contributed by atoms with Crippen LogP contribution >= 0.6 is 22.6 Å². The molecule has 2 aliphatic heterocycles. The molecule has 0 saturated carbocycles. The summed E-state index contributed by atoms with van der Waals surface area (Å²) in [6, 6.07) is 25.5. The number of carbonyl (C=O) groups excluding carboxylic acids is 2. The van der Waals surface area contributed by atoms with Gasteiger partial charge in [0.1, 0.15) is 0 Å². The van der Waals surface area contributed by atoms with Gasteiger partial charge in [-0.3, -0.25) is 9.59 Å². The summed E-state index contributed by atoms with van der Waals surface area (Å²) in [7, 11) is -2.91. The summed E-state index contributed by atoms with van der Waals surface area (Å²) in [6.07, 6.45) is -0.622. The summed E-state index contributed by atoms with van der Waals surface area (Å²) in [6.45, 7) is 6.50. The molecule has 0 unspecified atom stereocenters. The van der Waals surface area contributed by atoms with E-state index in [9.17, 15) is 19.5 Å². The average Bonchev–Trinajstić information content (AvgIpc) is 3.36. The molecule has 2 N–H and O–H groups in total. The molecule has 0 aliphatic carbocycles. The first-order valence-corrected chi connectivity index (χ1v) is 18.1. The minimum absolute atomic E-state index is 0.0207. The van der Waals surface area contributed by atoms with Crippen LogP contribution in [0.5, 0.6) is 0 Å². The molecule has 0 radical (unpaired) electrons. The average molecular weight is 685 g/mol. The van der Waals surface area contributed by atoms with Crippen LogP contribution in [0.3, 0.4) is 0 Å². The number of halogens is 1. The zero-order valence-electron chi connectivity index (χ0n) is 23.7. The Hall–Kier alpha value is -2.57. The first kappa shape index (κ1) is 29.9. The molecule has 9 heteroatoms. The highest BCUT2D eigenvalue weighted by Gasteiger charge is 2.66. The van der Waals surface area contributed by atoms with Crippen LogP contribution in [-0.4, -0.2) is 54.2 Å². The van der Waals surface area contributed by atoms with Crippen molar-refractivity contribution < 1.29 is 24.2 Å². The summed E-state index contributed by atoms with van der Waals surface area (Å²) in [5, 5.41) is 9.72. The van der Waals surface area contributed by atoms with Gasteiger partial charge in [-0.15, -0.1) is 0 Å². The van der Waals surface area contributed by atoms with Gasteiger partial charge in [0.15, 0.2) is 13.9 Å². The molecular weight excluding hydrogens is 647 g/mol. The Morgan fingerprint density at radius 3 is 2.41 bits per heavy atom. The number of aliphatic hydroxyl groups is 1. The van der Waals surface area contributed by atoms with Gasteiger partial charge in [0, 0.05) is 33.7 Å². The second kappa shape index (κ2) is 12.0. The monoisotopic (exact) mass is 684 g/mol. The van der Waals surface area contributed by atoms with E-state index in [1.165, 1.54) is 0 Å². The summed E-state index contributed by atoms with van der Waals surface area (Å²) in [4.78, 5) is 43.1. The molecule has 1 fully saturated rings. The number of carbonyl (C=O) groups is 2. The molecule has 0 aromatic heterocycles. The van der Waals surface area contributed by atoms with Crippen molar-refractivity contribution in [2.24, 2.45) is 5.92 Å². The number of ether oxygens (including phenoxy) is 1. The van der Waals surface area contributed by atoms with Gasteiger partial charge in [-0.05, 0) is 65.0 Å². The Kier molecular flexibility index (Phi) is 8.73. The van der Waals surface area contributed by atoms with E-state index in [1.807, 2.05) is 92.8 Å². The highest BCUT2D eigenvalue weighted by molar-refractivity contribution is 14.1. The molecular formula is C32H37IN2O5Si. The highest BCUT2D eigenvalue weighted by atomic mass is 127. The van der Waals surface area contributed by atoms with Crippen LogP contribution in [0.25, 0.3) is 0 Å². The zero-order chi connectivity index (χ0) is 29.4. The third-order valence-electron chi connectivity index (χ3n) is 8.44. The van der Waals surface area contributed by atoms with Crippen LogP contribution in [0.4, 0.5) is 5.69 Å². The van der Waals surface area contributed by atoms with E-state index in [0.717, 1.165) is 25.9 Å². The van der Waals surface area contributed by atoms with E-state index in [-0.39, 0.29) is 42.8 Å². The molecule has 1 saturated heterocycles. The molecule has 3 aromatic rings. The minimum Gasteiger partial charge on any atom is -0.432 e. The van der Waals surface area contributed by atoms with Crippen molar-refractivity contribution in [3.63, 3.8) is 0 Å². The quantitative estimate of drug-likeness (QED) is 0.244. The van der Waals surface area contributed by atoms with Gasteiger partial charge in [-0.25, -0.2) is 0 Å². The molecule has 2 heterocycles. The van der Waals surface area contributed by atoms with Gasteiger partial charge in [0.05, 0.1) is 31.4 Å². The number of nitrogens with zero attached hydrogens (tertiary/aromatic N) is 2. The van der Waals surface area contributed by atoms with E-state index in [2.05, 4.69) is 28.7 Å². The van der Waals surface area contributed by atoms with E-state index < -0.39 is 20.0 Å². The van der Waals surface area contributed by atoms with Crippen LogP contribution in [0.15, 0.2) is 78.9 Å². The fraction of sp³-hybridized carbons (Fsp3) is 0.375. The van der Waals surface area contributed by atoms with Crippen molar-refractivity contribution in [2.75, 3.05) is 18.1 Å².